The SMILES string of the molecule is C=CCc1cc(O)c(O)c(O)c1. The summed E-state index contributed by atoms with van der Waals surface area (Å²) >= 11 is 0. The van der Waals surface area contributed by atoms with Crippen molar-refractivity contribution in [2.45, 2.75) is 6.42 Å². The number of phenolic OH excluding ortho intramolecular Hbond substituents is 3. The van der Waals surface area contributed by atoms with E-state index in [1.54, 1.807) is 6.08 Å². The van der Waals surface area contributed by atoms with Gasteiger partial charge in [0, 0.05) is 0 Å². The largest absolute Gasteiger partial charge is 0.504 e. The van der Waals surface area contributed by atoms with Crippen LogP contribution in [0.15, 0.2) is 24.8 Å². The Morgan fingerprint density at radius 2 is 1.67 bits per heavy atom. The van der Waals surface area contributed by atoms with Crippen molar-refractivity contribution >= 4 is 0 Å². The van der Waals surface area contributed by atoms with Gasteiger partial charge >= 0.3 is 0 Å². The fourth-order valence-corrected chi connectivity index (χ4v) is 0.945. The Bertz CT molecular complexity index is 282. The van der Waals surface area contributed by atoms with Gasteiger partial charge in [-0.15, -0.1) is 6.58 Å². The van der Waals surface area contributed by atoms with E-state index in [0.29, 0.717) is 12.0 Å². The van der Waals surface area contributed by atoms with E-state index in [2.05, 4.69) is 6.58 Å². The molecule has 1 aromatic rings. The fourth-order valence-electron chi connectivity index (χ4n) is 0.945. The molecule has 0 bridgehead atoms. The average Bonchev–Trinajstić information content (AvgIpc) is 2.01. The summed E-state index contributed by atoms with van der Waals surface area (Å²) in [7, 11) is 0. The Labute approximate surface area is 70.2 Å². The zero-order valence-corrected chi connectivity index (χ0v) is 6.49. The topological polar surface area (TPSA) is 60.7 Å². The van der Waals surface area contributed by atoms with Crippen molar-refractivity contribution in [3.8, 4) is 17.2 Å². The Hall–Kier alpha value is -1.64. The summed E-state index contributed by atoms with van der Waals surface area (Å²) in [6.45, 7) is 3.51. The molecule has 0 aromatic heterocycles. The van der Waals surface area contributed by atoms with Crippen LogP contribution in [0.2, 0.25) is 0 Å². The van der Waals surface area contributed by atoms with Gasteiger partial charge in [0.1, 0.15) is 0 Å². The molecule has 0 unspecified atom stereocenters. The number of aromatic hydroxyl groups is 3. The summed E-state index contributed by atoms with van der Waals surface area (Å²) in [6, 6.07) is 2.77. The molecule has 0 fully saturated rings. The van der Waals surface area contributed by atoms with E-state index in [4.69, 9.17) is 15.3 Å². The van der Waals surface area contributed by atoms with Crippen molar-refractivity contribution in [2.75, 3.05) is 0 Å². The van der Waals surface area contributed by atoms with E-state index in [0.717, 1.165) is 0 Å². The Morgan fingerprint density at radius 1 is 1.17 bits per heavy atom. The second-order valence-corrected chi connectivity index (χ2v) is 2.48. The van der Waals surface area contributed by atoms with Gasteiger partial charge in [-0.3, -0.25) is 0 Å². The van der Waals surface area contributed by atoms with Crippen LogP contribution in [0.1, 0.15) is 5.56 Å². The maximum atomic E-state index is 9.06. The molecule has 0 heterocycles. The van der Waals surface area contributed by atoms with Crippen molar-refractivity contribution in [3.05, 3.63) is 30.4 Å². The van der Waals surface area contributed by atoms with Crippen LogP contribution in [-0.4, -0.2) is 15.3 Å². The normalized spacial score (nSPS) is 9.67. The minimum Gasteiger partial charge on any atom is -0.504 e. The third-order valence-electron chi connectivity index (χ3n) is 1.51. The number of phenols is 3. The Morgan fingerprint density at radius 3 is 2.08 bits per heavy atom. The van der Waals surface area contributed by atoms with E-state index in [1.165, 1.54) is 12.1 Å². The molecular weight excluding hydrogens is 156 g/mol. The van der Waals surface area contributed by atoms with Crippen molar-refractivity contribution < 1.29 is 15.3 Å². The molecule has 12 heavy (non-hydrogen) atoms. The summed E-state index contributed by atoms with van der Waals surface area (Å²) < 4.78 is 0. The molecule has 3 nitrogen and oxygen atoms in total. The zero-order chi connectivity index (χ0) is 9.14. The monoisotopic (exact) mass is 166 g/mol. The molecule has 0 radical (unpaired) electrons. The first-order chi connectivity index (χ1) is 5.65. The maximum absolute atomic E-state index is 9.06. The molecule has 0 saturated carbocycles. The third kappa shape index (κ3) is 1.50. The second-order valence-electron chi connectivity index (χ2n) is 2.48. The summed E-state index contributed by atoms with van der Waals surface area (Å²) in [5.74, 6) is -1.11. The maximum Gasteiger partial charge on any atom is 0.200 e. The molecule has 0 spiro atoms. The van der Waals surface area contributed by atoms with Crippen LogP contribution in [0.5, 0.6) is 17.2 Å². The molecule has 0 aliphatic rings. The Kier molecular flexibility index (Phi) is 2.24. The van der Waals surface area contributed by atoms with E-state index in [-0.39, 0.29) is 11.5 Å². The van der Waals surface area contributed by atoms with Crippen LogP contribution in [0.3, 0.4) is 0 Å². The standard InChI is InChI=1S/C9H10O3/c1-2-3-6-4-7(10)9(12)8(11)5-6/h2,4-5,10-12H,1,3H2. The van der Waals surface area contributed by atoms with Crippen molar-refractivity contribution in [3.63, 3.8) is 0 Å². The number of allylic oxidation sites excluding steroid dienone is 1. The van der Waals surface area contributed by atoms with Crippen LogP contribution in [0, 0.1) is 0 Å². The molecule has 64 valence electrons. The van der Waals surface area contributed by atoms with Crippen molar-refractivity contribution in [1.29, 1.82) is 0 Å². The molecule has 3 N–H and O–H groups in total. The summed E-state index contributed by atoms with van der Waals surface area (Å²) in [5.41, 5.74) is 0.706. The minimum absolute atomic E-state index is 0.313. The molecule has 0 saturated heterocycles. The second kappa shape index (κ2) is 3.17. The fraction of sp³-hybridized carbons (Fsp3) is 0.111. The molecule has 0 atom stereocenters. The van der Waals surface area contributed by atoms with Gasteiger partial charge in [0.25, 0.3) is 0 Å². The first-order valence-electron chi connectivity index (χ1n) is 3.50. The number of benzene rings is 1. The van der Waals surface area contributed by atoms with Gasteiger partial charge in [0.15, 0.2) is 17.2 Å². The number of hydrogen-bond donors (Lipinski definition) is 3. The highest BCUT2D eigenvalue weighted by molar-refractivity contribution is 5.51. The van der Waals surface area contributed by atoms with Crippen LogP contribution >= 0.6 is 0 Å². The van der Waals surface area contributed by atoms with Crippen LogP contribution in [0.25, 0.3) is 0 Å². The van der Waals surface area contributed by atoms with Crippen LogP contribution in [0.4, 0.5) is 0 Å². The van der Waals surface area contributed by atoms with Crippen LogP contribution in [-0.2, 0) is 6.42 Å². The summed E-state index contributed by atoms with van der Waals surface area (Å²) in [4.78, 5) is 0. The first kappa shape index (κ1) is 8.46. The van der Waals surface area contributed by atoms with E-state index >= 15 is 0 Å². The third-order valence-corrected chi connectivity index (χ3v) is 1.51. The summed E-state index contributed by atoms with van der Waals surface area (Å²) in [6.07, 6.45) is 2.19. The average molecular weight is 166 g/mol. The lowest BCUT2D eigenvalue weighted by Gasteiger charge is -2.03. The van der Waals surface area contributed by atoms with Gasteiger partial charge in [-0.25, -0.2) is 0 Å². The summed E-state index contributed by atoms with van der Waals surface area (Å²) in [5, 5.41) is 27.1. The van der Waals surface area contributed by atoms with Gasteiger partial charge in [-0.1, -0.05) is 6.08 Å². The molecule has 1 aromatic carbocycles. The highest BCUT2D eigenvalue weighted by Crippen LogP contribution is 2.35. The van der Waals surface area contributed by atoms with Gasteiger partial charge in [-0.2, -0.15) is 0 Å². The van der Waals surface area contributed by atoms with E-state index in [9.17, 15) is 0 Å². The lowest BCUT2D eigenvalue weighted by atomic mass is 10.1. The van der Waals surface area contributed by atoms with Gasteiger partial charge < -0.3 is 15.3 Å². The first-order valence-corrected chi connectivity index (χ1v) is 3.50. The predicted molar refractivity (Wildman–Crippen MR) is 45.3 cm³/mol. The molecule has 0 aliphatic heterocycles. The van der Waals surface area contributed by atoms with Gasteiger partial charge in [0.2, 0.25) is 0 Å². The minimum atomic E-state index is -0.484. The molecule has 3 heteroatoms. The molecule has 1 rings (SSSR count). The van der Waals surface area contributed by atoms with Crippen molar-refractivity contribution in [1.82, 2.24) is 0 Å². The van der Waals surface area contributed by atoms with Gasteiger partial charge in [-0.05, 0) is 24.1 Å². The lowest BCUT2D eigenvalue weighted by molar-refractivity contribution is 0.367. The molecule has 0 amide bonds. The van der Waals surface area contributed by atoms with E-state index < -0.39 is 5.75 Å². The number of rotatable bonds is 2. The zero-order valence-electron chi connectivity index (χ0n) is 6.49. The van der Waals surface area contributed by atoms with Crippen molar-refractivity contribution in [2.24, 2.45) is 0 Å². The van der Waals surface area contributed by atoms with Gasteiger partial charge in [0.05, 0.1) is 0 Å². The molecular formula is C9H10O3. The van der Waals surface area contributed by atoms with E-state index in [1.807, 2.05) is 0 Å². The predicted octanol–water partition coefficient (Wildman–Crippen LogP) is 1.53. The highest BCUT2D eigenvalue weighted by atomic mass is 16.3. The Balaban J connectivity index is 3.11. The lowest BCUT2D eigenvalue weighted by Crippen LogP contribution is -1.81. The molecule has 0 aliphatic carbocycles. The number of hydrogen-bond acceptors (Lipinski definition) is 3. The quantitative estimate of drug-likeness (QED) is 0.461. The van der Waals surface area contributed by atoms with Crippen LogP contribution < -0.4 is 0 Å². The smallest absolute Gasteiger partial charge is 0.200 e. The highest BCUT2D eigenvalue weighted by Gasteiger charge is 2.06.